The smallest absolute Gasteiger partial charge is 0.411 e. The van der Waals surface area contributed by atoms with Crippen LogP contribution in [0.4, 0.5) is 21.9 Å². The lowest BCUT2D eigenvalue weighted by atomic mass is 9.99. The van der Waals surface area contributed by atoms with Crippen LogP contribution in [0.2, 0.25) is 5.02 Å². The van der Waals surface area contributed by atoms with Crippen molar-refractivity contribution in [2.24, 2.45) is 5.11 Å². The second-order valence-electron chi connectivity index (χ2n) is 6.72. The largest absolute Gasteiger partial charge is 0.449 e. The maximum atomic E-state index is 12.9. The van der Waals surface area contributed by atoms with E-state index in [0.29, 0.717) is 33.2 Å². The van der Waals surface area contributed by atoms with Gasteiger partial charge in [-0.2, -0.15) is 0 Å². The number of nitrogens with one attached hydrogen (secondary N) is 2. The molecule has 0 radical (unpaired) electrons. The van der Waals surface area contributed by atoms with Crippen LogP contribution in [0.3, 0.4) is 0 Å². The van der Waals surface area contributed by atoms with Gasteiger partial charge in [0.05, 0.1) is 29.5 Å². The summed E-state index contributed by atoms with van der Waals surface area (Å²) in [5.74, 6) is -0.148. The Morgan fingerprint density at radius 3 is 2.47 bits per heavy atom. The molecule has 0 unspecified atom stereocenters. The lowest BCUT2D eigenvalue weighted by Crippen LogP contribution is -2.16. The minimum Gasteiger partial charge on any atom is -0.449 e. The zero-order chi connectivity index (χ0) is 22.9. The summed E-state index contributed by atoms with van der Waals surface area (Å²) in [6, 6.07) is 19.4. The molecule has 3 aromatic carbocycles. The molecule has 162 valence electrons. The zero-order valence-electron chi connectivity index (χ0n) is 17.2. The molecule has 1 amide bonds. The third-order valence-electron chi connectivity index (χ3n) is 4.53. The van der Waals surface area contributed by atoms with E-state index < -0.39 is 6.09 Å². The van der Waals surface area contributed by atoms with Gasteiger partial charge in [0.1, 0.15) is 0 Å². The van der Waals surface area contributed by atoms with Crippen LogP contribution in [0, 0.1) is 6.92 Å². The van der Waals surface area contributed by atoms with Gasteiger partial charge >= 0.3 is 6.09 Å². The topological polar surface area (TPSA) is 116 Å². The number of hydrogen-bond donors (Lipinski definition) is 2. The van der Waals surface area contributed by atoms with Crippen molar-refractivity contribution in [3.8, 4) is 0 Å². The molecule has 0 aromatic heterocycles. The summed E-state index contributed by atoms with van der Waals surface area (Å²) in [4.78, 5) is 27.4. The summed E-state index contributed by atoms with van der Waals surface area (Å²) in [5.41, 5.74) is 11.9. The van der Waals surface area contributed by atoms with Crippen molar-refractivity contribution >= 4 is 40.5 Å². The number of halogens is 1. The third-order valence-corrected chi connectivity index (χ3v) is 4.85. The van der Waals surface area contributed by atoms with Crippen molar-refractivity contribution in [1.82, 2.24) is 0 Å². The van der Waals surface area contributed by atoms with E-state index in [1.807, 2.05) is 25.1 Å². The number of anilines is 3. The monoisotopic (exact) mass is 449 g/mol. The Morgan fingerprint density at radius 1 is 1.03 bits per heavy atom. The maximum Gasteiger partial charge on any atom is 0.411 e. The minimum absolute atomic E-state index is 0.0303. The van der Waals surface area contributed by atoms with E-state index in [4.69, 9.17) is 21.9 Å². The van der Waals surface area contributed by atoms with E-state index >= 15 is 0 Å². The number of benzene rings is 3. The van der Waals surface area contributed by atoms with Crippen LogP contribution in [0.5, 0.6) is 0 Å². The van der Waals surface area contributed by atoms with E-state index in [1.54, 1.807) is 48.5 Å². The summed E-state index contributed by atoms with van der Waals surface area (Å²) < 4.78 is 4.96. The van der Waals surface area contributed by atoms with Crippen LogP contribution in [0.1, 0.15) is 21.5 Å². The Balaban J connectivity index is 1.74. The molecule has 32 heavy (non-hydrogen) atoms. The molecular formula is C23H20ClN5O3. The van der Waals surface area contributed by atoms with Crippen molar-refractivity contribution in [3.05, 3.63) is 98.9 Å². The third kappa shape index (κ3) is 5.78. The van der Waals surface area contributed by atoms with E-state index in [0.717, 1.165) is 5.56 Å². The summed E-state index contributed by atoms with van der Waals surface area (Å²) in [6.07, 6.45) is -0.676. The van der Waals surface area contributed by atoms with Gasteiger partial charge in [-0.15, -0.1) is 0 Å². The van der Waals surface area contributed by atoms with Crippen LogP contribution < -0.4 is 10.6 Å². The summed E-state index contributed by atoms with van der Waals surface area (Å²) >= 11 is 6.41. The molecule has 0 atom stereocenters. The standard InChI is InChI=1S/C23H20ClN5O3/c1-15-6-2-3-7-17(15)22(30)18-11-10-16(14-19(18)24)27-20-8-4-5-9-21(20)28-23(31)32-13-12-26-29-25/h2-11,14,27H,12-13H2,1H3,(H,28,31). The lowest BCUT2D eigenvalue weighted by Gasteiger charge is -2.14. The molecule has 3 aromatic rings. The number of nitrogens with zero attached hydrogens (tertiary/aromatic N) is 3. The molecule has 0 saturated heterocycles. The van der Waals surface area contributed by atoms with Crippen molar-refractivity contribution in [3.63, 3.8) is 0 Å². The normalized spacial score (nSPS) is 10.1. The fourth-order valence-electron chi connectivity index (χ4n) is 2.98. The molecule has 0 aliphatic carbocycles. The lowest BCUT2D eigenvalue weighted by molar-refractivity contribution is 0.103. The van der Waals surface area contributed by atoms with Crippen LogP contribution in [0.25, 0.3) is 10.4 Å². The van der Waals surface area contributed by atoms with E-state index in [1.165, 1.54) is 0 Å². The average Bonchev–Trinajstić information content (AvgIpc) is 2.78. The van der Waals surface area contributed by atoms with Crippen molar-refractivity contribution in [2.45, 2.75) is 6.92 Å². The van der Waals surface area contributed by atoms with Crippen LogP contribution >= 0.6 is 11.6 Å². The molecule has 0 aliphatic rings. The molecule has 3 rings (SSSR count). The predicted octanol–water partition coefficient (Wildman–Crippen LogP) is 6.48. The van der Waals surface area contributed by atoms with Gasteiger partial charge in [-0.05, 0) is 48.4 Å². The van der Waals surface area contributed by atoms with Crippen molar-refractivity contribution in [2.75, 3.05) is 23.8 Å². The quantitative estimate of drug-likeness (QED) is 0.134. The van der Waals surface area contributed by atoms with Gasteiger partial charge in [-0.3, -0.25) is 10.1 Å². The number of aryl methyl sites for hydroxylation is 1. The molecule has 0 fully saturated rings. The number of azide groups is 1. The first-order chi connectivity index (χ1) is 15.5. The molecular weight excluding hydrogens is 430 g/mol. The molecule has 0 bridgehead atoms. The Bertz CT molecular complexity index is 1190. The van der Waals surface area contributed by atoms with Crippen molar-refractivity contribution in [1.29, 1.82) is 0 Å². The van der Waals surface area contributed by atoms with Gasteiger partial charge in [0.15, 0.2) is 5.78 Å². The Morgan fingerprint density at radius 2 is 1.75 bits per heavy atom. The molecule has 0 spiro atoms. The number of ether oxygens (including phenoxy) is 1. The summed E-state index contributed by atoms with van der Waals surface area (Å²) in [5, 5.41) is 9.43. The van der Waals surface area contributed by atoms with Gasteiger partial charge in [-0.25, -0.2) is 4.79 Å². The first-order valence-corrected chi connectivity index (χ1v) is 10.1. The van der Waals surface area contributed by atoms with E-state index in [-0.39, 0.29) is 18.9 Å². The number of ketones is 1. The Labute approximate surface area is 189 Å². The number of para-hydroxylation sites is 2. The highest BCUT2D eigenvalue weighted by Gasteiger charge is 2.15. The van der Waals surface area contributed by atoms with E-state index in [2.05, 4.69) is 20.7 Å². The molecule has 2 N–H and O–H groups in total. The predicted molar refractivity (Wildman–Crippen MR) is 125 cm³/mol. The van der Waals surface area contributed by atoms with Crippen molar-refractivity contribution < 1.29 is 14.3 Å². The number of carbonyl (C=O) groups is 2. The Hall–Kier alpha value is -4.00. The minimum atomic E-state index is -0.676. The molecule has 9 heteroatoms. The second-order valence-corrected chi connectivity index (χ2v) is 7.13. The van der Waals surface area contributed by atoms with Crippen LogP contribution in [-0.2, 0) is 4.74 Å². The highest BCUT2D eigenvalue weighted by atomic mass is 35.5. The molecule has 0 saturated carbocycles. The zero-order valence-corrected chi connectivity index (χ0v) is 18.0. The second kappa shape index (κ2) is 10.9. The number of hydrogen-bond acceptors (Lipinski definition) is 5. The first-order valence-electron chi connectivity index (χ1n) is 9.70. The highest BCUT2D eigenvalue weighted by molar-refractivity contribution is 6.35. The summed E-state index contributed by atoms with van der Waals surface area (Å²) in [7, 11) is 0. The number of rotatable bonds is 8. The van der Waals surface area contributed by atoms with Gasteiger partial charge in [-0.1, -0.05) is 53.1 Å². The fraction of sp³-hybridized carbons (Fsp3) is 0.130. The Kier molecular flexibility index (Phi) is 7.70. The maximum absolute atomic E-state index is 12.9. The highest BCUT2D eigenvalue weighted by Crippen LogP contribution is 2.29. The van der Waals surface area contributed by atoms with Crippen LogP contribution in [0.15, 0.2) is 71.8 Å². The van der Waals surface area contributed by atoms with Crippen LogP contribution in [-0.4, -0.2) is 25.0 Å². The average molecular weight is 450 g/mol. The SMILES string of the molecule is Cc1ccccc1C(=O)c1ccc(Nc2ccccc2NC(=O)OCCN=[N+]=[N-])cc1Cl. The molecule has 0 aliphatic heterocycles. The number of carbonyl (C=O) groups excluding carboxylic acids is 2. The van der Waals surface area contributed by atoms with Gasteiger partial charge in [0.2, 0.25) is 0 Å². The number of amides is 1. The fourth-order valence-corrected chi connectivity index (χ4v) is 3.24. The first kappa shape index (κ1) is 22.7. The molecule has 8 nitrogen and oxygen atoms in total. The van der Waals surface area contributed by atoms with Gasteiger partial charge < -0.3 is 10.1 Å². The van der Waals surface area contributed by atoms with Gasteiger partial charge in [0.25, 0.3) is 0 Å². The summed E-state index contributed by atoms with van der Waals surface area (Å²) in [6.45, 7) is 1.90. The molecule has 0 heterocycles. The van der Waals surface area contributed by atoms with Gasteiger partial charge in [0, 0.05) is 21.7 Å². The van der Waals surface area contributed by atoms with E-state index in [9.17, 15) is 9.59 Å².